The van der Waals surface area contributed by atoms with Crippen molar-refractivity contribution in [1.82, 2.24) is 9.29 Å². The first-order valence-corrected chi connectivity index (χ1v) is 13.1. The SMILES string of the molecule is Cc1cc(C)c(S(=O)(=O)N2CCN(c3nc(Cc4ccc(Cl)c(F)c4)cs3)CC2)c(C)c1. The number of piperazine rings is 1. The van der Waals surface area contributed by atoms with Crippen molar-refractivity contribution in [2.24, 2.45) is 0 Å². The summed E-state index contributed by atoms with van der Waals surface area (Å²) in [6.07, 6.45) is 0.519. The van der Waals surface area contributed by atoms with Gasteiger partial charge in [0, 0.05) is 38.0 Å². The molecule has 5 nitrogen and oxygen atoms in total. The minimum atomic E-state index is -3.55. The minimum Gasteiger partial charge on any atom is -0.345 e. The van der Waals surface area contributed by atoms with Crippen molar-refractivity contribution in [2.75, 3.05) is 31.1 Å². The Labute approximate surface area is 197 Å². The van der Waals surface area contributed by atoms with Crippen LogP contribution in [0.3, 0.4) is 0 Å². The number of thiazole rings is 1. The number of rotatable bonds is 5. The zero-order chi connectivity index (χ0) is 23.0. The van der Waals surface area contributed by atoms with E-state index in [1.807, 2.05) is 38.3 Å². The van der Waals surface area contributed by atoms with Crippen molar-refractivity contribution >= 4 is 38.1 Å². The Morgan fingerprint density at radius 3 is 2.34 bits per heavy atom. The van der Waals surface area contributed by atoms with Gasteiger partial charge in [0.25, 0.3) is 0 Å². The number of anilines is 1. The molecule has 2 heterocycles. The van der Waals surface area contributed by atoms with Crippen LogP contribution in [0.4, 0.5) is 9.52 Å². The minimum absolute atomic E-state index is 0.108. The van der Waals surface area contributed by atoms with Gasteiger partial charge in [-0.15, -0.1) is 11.3 Å². The van der Waals surface area contributed by atoms with Gasteiger partial charge >= 0.3 is 0 Å². The molecule has 1 fully saturated rings. The average molecular weight is 494 g/mol. The van der Waals surface area contributed by atoms with Gasteiger partial charge in [-0.25, -0.2) is 17.8 Å². The van der Waals surface area contributed by atoms with Gasteiger partial charge < -0.3 is 4.90 Å². The van der Waals surface area contributed by atoms with E-state index in [0.717, 1.165) is 33.1 Å². The zero-order valence-corrected chi connectivity index (χ0v) is 20.6. The number of aryl methyl sites for hydroxylation is 3. The molecule has 1 aliphatic rings. The molecule has 0 unspecified atom stereocenters. The van der Waals surface area contributed by atoms with E-state index in [4.69, 9.17) is 11.6 Å². The molecular weight excluding hydrogens is 469 g/mol. The smallest absolute Gasteiger partial charge is 0.243 e. The Hall–Kier alpha value is -2.00. The number of halogens is 2. The van der Waals surface area contributed by atoms with Crippen LogP contribution < -0.4 is 4.90 Å². The third-order valence-electron chi connectivity index (χ3n) is 5.62. The fourth-order valence-corrected chi connectivity index (χ4v) is 7.03. The van der Waals surface area contributed by atoms with E-state index in [0.29, 0.717) is 37.5 Å². The van der Waals surface area contributed by atoms with Crippen molar-refractivity contribution in [3.8, 4) is 0 Å². The van der Waals surface area contributed by atoms with Gasteiger partial charge in [-0.2, -0.15) is 4.31 Å². The molecule has 1 aliphatic heterocycles. The van der Waals surface area contributed by atoms with Crippen molar-refractivity contribution < 1.29 is 12.8 Å². The standard InChI is InChI=1S/C23H25ClFN3O2S2/c1-15-10-16(2)22(17(3)11-15)32(29,30)28-8-6-27(7-9-28)23-26-19(14-31-23)12-18-4-5-20(24)21(25)13-18/h4-5,10-11,13-14H,6-9,12H2,1-3H3. The van der Waals surface area contributed by atoms with Crippen molar-refractivity contribution in [2.45, 2.75) is 32.1 Å². The molecule has 1 saturated heterocycles. The Balaban J connectivity index is 1.43. The summed E-state index contributed by atoms with van der Waals surface area (Å²) < 4.78 is 41.9. The number of sulfonamides is 1. The summed E-state index contributed by atoms with van der Waals surface area (Å²) >= 11 is 7.28. The van der Waals surface area contributed by atoms with E-state index in [2.05, 4.69) is 9.88 Å². The van der Waals surface area contributed by atoms with Gasteiger partial charge in [-0.3, -0.25) is 0 Å². The Morgan fingerprint density at radius 2 is 1.72 bits per heavy atom. The van der Waals surface area contributed by atoms with Crippen LogP contribution in [0.5, 0.6) is 0 Å². The normalized spacial score (nSPS) is 15.3. The maximum atomic E-state index is 13.7. The van der Waals surface area contributed by atoms with Crippen molar-refractivity contribution in [1.29, 1.82) is 0 Å². The van der Waals surface area contributed by atoms with Crippen LogP contribution in [-0.2, 0) is 16.4 Å². The van der Waals surface area contributed by atoms with Crippen LogP contribution in [0.25, 0.3) is 0 Å². The third kappa shape index (κ3) is 4.69. The Kier molecular flexibility index (Phi) is 6.58. The van der Waals surface area contributed by atoms with Gasteiger partial charge in [0.2, 0.25) is 10.0 Å². The molecule has 1 aromatic heterocycles. The van der Waals surface area contributed by atoms with Crippen LogP contribution in [0.15, 0.2) is 40.6 Å². The van der Waals surface area contributed by atoms with Gasteiger partial charge in [0.05, 0.1) is 15.6 Å². The van der Waals surface area contributed by atoms with Gasteiger partial charge in [-0.05, 0) is 49.6 Å². The zero-order valence-electron chi connectivity index (χ0n) is 18.2. The van der Waals surface area contributed by atoms with Crippen LogP contribution in [0.2, 0.25) is 5.02 Å². The lowest BCUT2D eigenvalue weighted by Crippen LogP contribution is -2.48. The summed E-state index contributed by atoms with van der Waals surface area (Å²) in [5.41, 5.74) is 4.29. The van der Waals surface area contributed by atoms with Crippen molar-refractivity contribution in [3.05, 3.63) is 74.5 Å². The highest BCUT2D eigenvalue weighted by Gasteiger charge is 2.31. The highest BCUT2D eigenvalue weighted by molar-refractivity contribution is 7.89. The molecule has 0 atom stereocenters. The second-order valence-corrected chi connectivity index (χ2v) is 11.3. The second kappa shape index (κ2) is 9.09. The maximum absolute atomic E-state index is 13.7. The van der Waals surface area contributed by atoms with E-state index in [9.17, 15) is 12.8 Å². The quantitative estimate of drug-likeness (QED) is 0.504. The highest BCUT2D eigenvalue weighted by atomic mass is 35.5. The molecule has 0 spiro atoms. The van der Waals surface area contributed by atoms with Gasteiger partial charge in [-0.1, -0.05) is 35.4 Å². The molecule has 32 heavy (non-hydrogen) atoms. The molecule has 170 valence electrons. The molecule has 0 saturated carbocycles. The highest BCUT2D eigenvalue weighted by Crippen LogP contribution is 2.28. The fraction of sp³-hybridized carbons (Fsp3) is 0.348. The molecule has 0 radical (unpaired) electrons. The van der Waals surface area contributed by atoms with E-state index in [1.165, 1.54) is 17.4 Å². The van der Waals surface area contributed by atoms with Gasteiger partial charge in [0.1, 0.15) is 5.82 Å². The number of benzene rings is 2. The Bertz CT molecular complexity index is 1230. The monoisotopic (exact) mass is 493 g/mol. The molecule has 2 aromatic carbocycles. The third-order valence-corrected chi connectivity index (χ3v) is 9.08. The fourth-order valence-electron chi connectivity index (χ4n) is 4.20. The molecular formula is C23H25ClFN3O2S2. The lowest BCUT2D eigenvalue weighted by Gasteiger charge is -2.34. The lowest BCUT2D eigenvalue weighted by molar-refractivity contribution is 0.384. The second-order valence-electron chi connectivity index (χ2n) is 8.17. The summed E-state index contributed by atoms with van der Waals surface area (Å²) in [6.45, 7) is 7.65. The van der Waals surface area contributed by atoms with E-state index < -0.39 is 15.8 Å². The van der Waals surface area contributed by atoms with Gasteiger partial charge in [0.15, 0.2) is 5.13 Å². The average Bonchev–Trinajstić information content (AvgIpc) is 3.18. The number of hydrogen-bond donors (Lipinski definition) is 0. The number of hydrogen-bond acceptors (Lipinski definition) is 5. The first-order valence-electron chi connectivity index (χ1n) is 10.4. The van der Waals surface area contributed by atoms with Crippen LogP contribution in [0.1, 0.15) is 27.9 Å². The lowest BCUT2D eigenvalue weighted by atomic mass is 10.1. The van der Waals surface area contributed by atoms with E-state index in [1.54, 1.807) is 16.4 Å². The van der Waals surface area contributed by atoms with E-state index in [-0.39, 0.29) is 5.02 Å². The summed E-state index contributed by atoms with van der Waals surface area (Å²) in [5, 5.41) is 2.93. The maximum Gasteiger partial charge on any atom is 0.243 e. The summed E-state index contributed by atoms with van der Waals surface area (Å²) in [6, 6.07) is 8.61. The molecule has 9 heteroatoms. The first kappa shape index (κ1) is 23.2. The van der Waals surface area contributed by atoms with E-state index >= 15 is 0 Å². The summed E-state index contributed by atoms with van der Waals surface area (Å²) in [5.74, 6) is -0.434. The number of nitrogens with zero attached hydrogens (tertiary/aromatic N) is 3. The molecule has 0 bridgehead atoms. The first-order chi connectivity index (χ1) is 15.1. The van der Waals surface area contributed by atoms with Crippen molar-refractivity contribution in [3.63, 3.8) is 0 Å². The molecule has 0 amide bonds. The number of aromatic nitrogens is 1. The largest absolute Gasteiger partial charge is 0.345 e. The summed E-state index contributed by atoms with van der Waals surface area (Å²) in [4.78, 5) is 7.21. The topological polar surface area (TPSA) is 53.5 Å². The predicted molar refractivity (Wildman–Crippen MR) is 128 cm³/mol. The Morgan fingerprint density at radius 1 is 1.06 bits per heavy atom. The molecule has 3 aromatic rings. The summed E-state index contributed by atoms with van der Waals surface area (Å²) in [7, 11) is -3.55. The molecule has 0 N–H and O–H groups in total. The van der Waals surface area contributed by atoms with Crippen LogP contribution >= 0.6 is 22.9 Å². The molecule has 0 aliphatic carbocycles. The van der Waals surface area contributed by atoms with Crippen LogP contribution in [0, 0.1) is 26.6 Å². The van der Waals surface area contributed by atoms with Crippen LogP contribution in [-0.4, -0.2) is 43.9 Å². The predicted octanol–water partition coefficient (Wildman–Crippen LogP) is 4.96. The molecule has 4 rings (SSSR count).